The first-order valence-electron chi connectivity index (χ1n) is 10.5. The highest BCUT2D eigenvalue weighted by atomic mass is 79.9. The van der Waals surface area contributed by atoms with Gasteiger partial charge in [-0.2, -0.15) is 0 Å². The Bertz CT molecular complexity index is 1130. The number of halogens is 1. The standard InChI is InChI=1S/C27H27BrN2/c1-18(2)24-16-22(20-9-6-5-7-10-20)17-25(19(3)4)26(24)30-14-13-29-27(30)21-11-8-12-23(28)15-21/h5-19H,1-4H3. The summed E-state index contributed by atoms with van der Waals surface area (Å²) in [7, 11) is 0. The molecule has 3 heteroatoms. The van der Waals surface area contributed by atoms with Crippen molar-refractivity contribution in [2.45, 2.75) is 39.5 Å². The van der Waals surface area contributed by atoms with Gasteiger partial charge in [0.25, 0.3) is 0 Å². The molecule has 0 unspecified atom stereocenters. The van der Waals surface area contributed by atoms with Crippen LogP contribution in [0, 0.1) is 0 Å². The van der Waals surface area contributed by atoms with Crippen molar-refractivity contribution in [3.8, 4) is 28.2 Å². The van der Waals surface area contributed by atoms with Crippen LogP contribution in [-0.4, -0.2) is 9.55 Å². The molecule has 1 aromatic heterocycles. The molecule has 30 heavy (non-hydrogen) atoms. The van der Waals surface area contributed by atoms with Gasteiger partial charge in [0.1, 0.15) is 5.82 Å². The predicted octanol–water partition coefficient (Wildman–Crippen LogP) is 8.22. The van der Waals surface area contributed by atoms with E-state index in [0.717, 1.165) is 15.9 Å². The van der Waals surface area contributed by atoms with Crippen molar-refractivity contribution in [1.29, 1.82) is 0 Å². The van der Waals surface area contributed by atoms with Crippen molar-refractivity contribution >= 4 is 15.9 Å². The van der Waals surface area contributed by atoms with Crippen molar-refractivity contribution in [3.05, 3.63) is 94.7 Å². The Morgan fingerprint density at radius 2 is 1.37 bits per heavy atom. The third-order valence-electron chi connectivity index (χ3n) is 5.48. The third kappa shape index (κ3) is 3.99. The number of aromatic nitrogens is 2. The van der Waals surface area contributed by atoms with E-state index in [1.165, 1.54) is 27.9 Å². The summed E-state index contributed by atoms with van der Waals surface area (Å²) in [5.41, 5.74) is 7.57. The van der Waals surface area contributed by atoms with Gasteiger partial charge in [0, 0.05) is 22.4 Å². The first kappa shape index (κ1) is 20.6. The van der Waals surface area contributed by atoms with Crippen LogP contribution >= 0.6 is 15.9 Å². The van der Waals surface area contributed by atoms with Gasteiger partial charge in [0.2, 0.25) is 0 Å². The molecule has 0 saturated carbocycles. The molecule has 0 aliphatic heterocycles. The van der Waals surface area contributed by atoms with Crippen molar-refractivity contribution in [2.24, 2.45) is 0 Å². The molecule has 0 aliphatic rings. The van der Waals surface area contributed by atoms with Crippen LogP contribution < -0.4 is 0 Å². The summed E-state index contributed by atoms with van der Waals surface area (Å²) in [4.78, 5) is 4.73. The summed E-state index contributed by atoms with van der Waals surface area (Å²) in [5, 5.41) is 0. The molecule has 4 rings (SSSR count). The third-order valence-corrected chi connectivity index (χ3v) is 5.98. The minimum absolute atomic E-state index is 0.388. The SMILES string of the molecule is CC(C)c1cc(-c2ccccc2)cc(C(C)C)c1-n1ccnc1-c1cccc(Br)c1. The number of hydrogen-bond donors (Lipinski definition) is 0. The van der Waals surface area contributed by atoms with E-state index in [1.807, 2.05) is 12.3 Å². The lowest BCUT2D eigenvalue weighted by Crippen LogP contribution is -2.08. The van der Waals surface area contributed by atoms with Crippen LogP contribution in [0.1, 0.15) is 50.7 Å². The molecule has 0 aliphatic carbocycles. The van der Waals surface area contributed by atoms with E-state index in [0.29, 0.717) is 11.8 Å². The van der Waals surface area contributed by atoms with Crippen LogP contribution in [0.4, 0.5) is 0 Å². The Hall–Kier alpha value is -2.65. The maximum absolute atomic E-state index is 4.73. The normalized spacial score (nSPS) is 11.4. The van der Waals surface area contributed by atoms with E-state index in [2.05, 4.69) is 115 Å². The van der Waals surface area contributed by atoms with Gasteiger partial charge in [0.05, 0.1) is 5.69 Å². The van der Waals surface area contributed by atoms with Gasteiger partial charge < -0.3 is 0 Å². The lowest BCUT2D eigenvalue weighted by Gasteiger charge is -2.23. The summed E-state index contributed by atoms with van der Waals surface area (Å²) >= 11 is 3.60. The summed E-state index contributed by atoms with van der Waals surface area (Å²) in [6, 6.07) is 23.7. The maximum Gasteiger partial charge on any atom is 0.144 e. The quantitative estimate of drug-likeness (QED) is 0.294. The molecular formula is C27H27BrN2. The average molecular weight is 459 g/mol. The van der Waals surface area contributed by atoms with Gasteiger partial charge in [-0.25, -0.2) is 4.98 Å². The number of rotatable bonds is 5. The number of hydrogen-bond acceptors (Lipinski definition) is 1. The average Bonchev–Trinajstić information content (AvgIpc) is 3.23. The van der Waals surface area contributed by atoms with Crippen molar-refractivity contribution in [3.63, 3.8) is 0 Å². The number of benzene rings is 3. The van der Waals surface area contributed by atoms with Gasteiger partial charge in [-0.15, -0.1) is 0 Å². The van der Waals surface area contributed by atoms with E-state index in [-0.39, 0.29) is 0 Å². The number of nitrogens with zero attached hydrogens (tertiary/aromatic N) is 2. The zero-order chi connectivity index (χ0) is 21.3. The molecule has 0 saturated heterocycles. The smallest absolute Gasteiger partial charge is 0.144 e. The highest BCUT2D eigenvalue weighted by Crippen LogP contribution is 2.37. The van der Waals surface area contributed by atoms with Gasteiger partial charge in [-0.1, -0.05) is 86.1 Å². The Balaban J connectivity index is 1.98. The molecule has 0 atom stereocenters. The van der Waals surface area contributed by atoms with Crippen LogP contribution in [0.2, 0.25) is 0 Å². The predicted molar refractivity (Wildman–Crippen MR) is 130 cm³/mol. The van der Waals surface area contributed by atoms with Gasteiger partial charge in [0.15, 0.2) is 0 Å². The van der Waals surface area contributed by atoms with E-state index >= 15 is 0 Å². The zero-order valence-corrected chi connectivity index (χ0v) is 19.5. The summed E-state index contributed by atoms with van der Waals surface area (Å²) in [6.45, 7) is 9.09. The molecule has 1 heterocycles. The van der Waals surface area contributed by atoms with Crippen LogP contribution in [-0.2, 0) is 0 Å². The van der Waals surface area contributed by atoms with Gasteiger partial charge >= 0.3 is 0 Å². The van der Waals surface area contributed by atoms with Crippen molar-refractivity contribution < 1.29 is 0 Å². The fraction of sp³-hybridized carbons (Fsp3) is 0.222. The molecule has 0 fully saturated rings. The first-order valence-corrected chi connectivity index (χ1v) is 11.3. The van der Waals surface area contributed by atoms with Gasteiger partial charge in [-0.3, -0.25) is 4.57 Å². The number of imidazole rings is 1. The van der Waals surface area contributed by atoms with Crippen LogP contribution in [0.15, 0.2) is 83.6 Å². The summed E-state index contributed by atoms with van der Waals surface area (Å²) in [5.74, 6) is 1.74. The largest absolute Gasteiger partial charge is 0.299 e. The minimum atomic E-state index is 0.388. The Kier molecular flexibility index (Phi) is 5.92. The second-order valence-electron chi connectivity index (χ2n) is 8.31. The van der Waals surface area contributed by atoms with E-state index in [4.69, 9.17) is 4.98 Å². The molecule has 3 aromatic carbocycles. The molecule has 4 aromatic rings. The fourth-order valence-electron chi connectivity index (χ4n) is 3.96. The van der Waals surface area contributed by atoms with Gasteiger partial charge in [-0.05, 0) is 58.4 Å². The van der Waals surface area contributed by atoms with Crippen molar-refractivity contribution in [2.75, 3.05) is 0 Å². The van der Waals surface area contributed by atoms with E-state index in [1.54, 1.807) is 0 Å². The topological polar surface area (TPSA) is 17.8 Å². The van der Waals surface area contributed by atoms with E-state index < -0.39 is 0 Å². The molecule has 0 spiro atoms. The Labute approximate surface area is 187 Å². The highest BCUT2D eigenvalue weighted by molar-refractivity contribution is 9.10. The molecule has 152 valence electrons. The molecule has 0 bridgehead atoms. The minimum Gasteiger partial charge on any atom is -0.299 e. The maximum atomic E-state index is 4.73. The van der Waals surface area contributed by atoms with Crippen LogP contribution in [0.3, 0.4) is 0 Å². The fourth-order valence-corrected chi connectivity index (χ4v) is 4.36. The Morgan fingerprint density at radius 3 is 1.97 bits per heavy atom. The molecule has 0 amide bonds. The highest BCUT2D eigenvalue weighted by Gasteiger charge is 2.20. The molecule has 2 nitrogen and oxygen atoms in total. The summed E-state index contributed by atoms with van der Waals surface area (Å²) < 4.78 is 3.32. The van der Waals surface area contributed by atoms with E-state index in [9.17, 15) is 0 Å². The van der Waals surface area contributed by atoms with Crippen LogP contribution in [0.25, 0.3) is 28.2 Å². The molecular weight excluding hydrogens is 432 g/mol. The monoisotopic (exact) mass is 458 g/mol. The van der Waals surface area contributed by atoms with Crippen LogP contribution in [0.5, 0.6) is 0 Å². The first-order chi connectivity index (χ1) is 14.5. The second-order valence-corrected chi connectivity index (χ2v) is 9.23. The summed E-state index contributed by atoms with van der Waals surface area (Å²) in [6.07, 6.45) is 3.99. The lowest BCUT2D eigenvalue weighted by atomic mass is 9.88. The Morgan fingerprint density at radius 1 is 0.733 bits per heavy atom. The zero-order valence-electron chi connectivity index (χ0n) is 17.9. The molecule has 0 N–H and O–H groups in total. The van der Waals surface area contributed by atoms with Crippen molar-refractivity contribution in [1.82, 2.24) is 9.55 Å². The lowest BCUT2D eigenvalue weighted by molar-refractivity contribution is 0.807. The second kappa shape index (κ2) is 8.61. The molecule has 0 radical (unpaired) electrons.